The van der Waals surface area contributed by atoms with Gasteiger partial charge in [0.15, 0.2) is 0 Å². The zero-order chi connectivity index (χ0) is 20.2. The number of aryl methyl sites for hydroxylation is 1. The first kappa shape index (κ1) is 24.0. The molecule has 0 unspecified atom stereocenters. The van der Waals surface area contributed by atoms with E-state index in [9.17, 15) is 9.90 Å². The number of aliphatic imine (C=N–C) groups is 1. The smallest absolute Gasteiger partial charge is 0.404 e. The Morgan fingerprint density at radius 1 is 0.966 bits per heavy atom. The van der Waals surface area contributed by atoms with E-state index in [0.717, 1.165) is 23.2 Å². The molecule has 0 aliphatic rings. The van der Waals surface area contributed by atoms with Gasteiger partial charge in [0.1, 0.15) is 5.75 Å². The van der Waals surface area contributed by atoms with Gasteiger partial charge in [0.05, 0.1) is 5.69 Å². The summed E-state index contributed by atoms with van der Waals surface area (Å²) in [4.78, 5) is 14.4. The van der Waals surface area contributed by atoms with Gasteiger partial charge in [-0.15, -0.1) is 0 Å². The van der Waals surface area contributed by atoms with Crippen LogP contribution in [-0.4, -0.2) is 29.1 Å². The van der Waals surface area contributed by atoms with Crippen molar-refractivity contribution in [2.24, 2.45) is 4.99 Å². The molecule has 0 aromatic heterocycles. The Labute approximate surface area is 181 Å². The minimum atomic E-state index is -0.967. The molecule has 3 aromatic carbocycles. The van der Waals surface area contributed by atoms with Crippen molar-refractivity contribution in [3.05, 3.63) is 95.6 Å². The maximum atomic E-state index is 10.1. The molecule has 3 rings (SSSR count). The predicted octanol–water partition coefficient (Wildman–Crippen LogP) is 4.95. The zero-order valence-electron chi connectivity index (χ0n) is 16.0. The summed E-state index contributed by atoms with van der Waals surface area (Å²) >= 11 is 0. The second-order valence-electron chi connectivity index (χ2n) is 6.12. The molecule has 5 nitrogen and oxygen atoms in total. The fourth-order valence-electron chi connectivity index (χ4n) is 2.33. The first-order valence-corrected chi connectivity index (χ1v) is 8.94. The van der Waals surface area contributed by atoms with Gasteiger partial charge in [-0.3, -0.25) is 4.99 Å². The molecule has 0 atom stereocenters. The van der Waals surface area contributed by atoms with Crippen LogP contribution >= 0.6 is 0 Å². The first-order valence-electron chi connectivity index (χ1n) is 8.94. The molecule has 29 heavy (non-hydrogen) atoms. The number of nitrogens with zero attached hydrogens (tertiary/aromatic N) is 1. The molecule has 0 saturated carbocycles. The van der Waals surface area contributed by atoms with E-state index in [1.165, 1.54) is 5.56 Å². The van der Waals surface area contributed by atoms with Crippen LogP contribution in [0.5, 0.6) is 5.75 Å². The topological polar surface area (TPSA) is 81.9 Å². The number of carbonyl (C=O) groups is 1. The van der Waals surface area contributed by atoms with Crippen LogP contribution in [0.1, 0.15) is 16.7 Å². The fraction of sp³-hybridized carbons (Fsp3) is 0.130. The van der Waals surface area contributed by atoms with Crippen molar-refractivity contribution in [2.45, 2.75) is 13.3 Å². The summed E-state index contributed by atoms with van der Waals surface area (Å²) in [5.41, 5.74) is 3.96. The molecule has 3 aromatic rings. The van der Waals surface area contributed by atoms with Crippen molar-refractivity contribution in [3.63, 3.8) is 0 Å². The van der Waals surface area contributed by atoms with E-state index < -0.39 is 6.09 Å². The maximum absolute atomic E-state index is 10.1. The van der Waals surface area contributed by atoms with Crippen molar-refractivity contribution in [1.29, 1.82) is 0 Å². The average Bonchev–Trinajstić information content (AvgIpc) is 2.70. The van der Waals surface area contributed by atoms with E-state index in [2.05, 4.69) is 10.3 Å². The Kier molecular flexibility index (Phi) is 10.9. The molecule has 0 spiro atoms. The van der Waals surface area contributed by atoms with Crippen LogP contribution in [0.3, 0.4) is 0 Å². The van der Waals surface area contributed by atoms with Crippen molar-refractivity contribution in [3.8, 4) is 5.75 Å². The standard InChI is InChI=1S/C14H13NO.C9H11NO2.Cu/c1-11-6-8-13(9-7-11)15-10-12-4-2-3-5-14(12)16;11-9(12)10-7-6-8-4-2-1-3-5-8;/h2-10,16H,1H3;1-5,10H,6-7H2,(H,11,12);. The number of hydrogen-bond donors (Lipinski definition) is 3. The van der Waals surface area contributed by atoms with Crippen LogP contribution in [-0.2, 0) is 23.5 Å². The number of carboxylic acid groups (broad SMARTS) is 1. The molecule has 3 N–H and O–H groups in total. The number of amides is 1. The van der Waals surface area contributed by atoms with Crippen molar-refractivity contribution < 1.29 is 32.1 Å². The molecular formula is C23H24CuN2O3. The minimum Gasteiger partial charge on any atom is -0.507 e. The molecule has 0 fully saturated rings. The summed E-state index contributed by atoms with van der Waals surface area (Å²) in [5, 5.41) is 20.1. The monoisotopic (exact) mass is 439 g/mol. The van der Waals surface area contributed by atoms with Gasteiger partial charge >= 0.3 is 6.09 Å². The van der Waals surface area contributed by atoms with Gasteiger partial charge in [-0.1, -0.05) is 60.2 Å². The van der Waals surface area contributed by atoms with Crippen molar-refractivity contribution >= 4 is 18.0 Å². The number of para-hydroxylation sites is 1. The number of phenols is 1. The number of aromatic hydroxyl groups is 1. The van der Waals surface area contributed by atoms with E-state index in [1.807, 2.05) is 73.7 Å². The molecule has 0 heterocycles. The van der Waals surface area contributed by atoms with E-state index in [-0.39, 0.29) is 22.8 Å². The quantitative estimate of drug-likeness (QED) is 0.388. The predicted molar refractivity (Wildman–Crippen MR) is 113 cm³/mol. The van der Waals surface area contributed by atoms with Gasteiger partial charge in [0, 0.05) is 35.4 Å². The third kappa shape index (κ3) is 9.60. The number of hydrogen-bond acceptors (Lipinski definition) is 3. The second kappa shape index (κ2) is 13.2. The summed E-state index contributed by atoms with van der Waals surface area (Å²) in [6, 6.07) is 24.8. The van der Waals surface area contributed by atoms with Gasteiger partial charge in [0.2, 0.25) is 0 Å². The van der Waals surface area contributed by atoms with Crippen molar-refractivity contribution in [1.82, 2.24) is 5.32 Å². The van der Waals surface area contributed by atoms with Crippen LogP contribution in [0, 0.1) is 6.92 Å². The van der Waals surface area contributed by atoms with E-state index in [1.54, 1.807) is 18.3 Å². The van der Waals surface area contributed by atoms with Crippen LogP contribution < -0.4 is 5.32 Å². The Morgan fingerprint density at radius 2 is 1.59 bits per heavy atom. The third-order valence-electron chi connectivity index (χ3n) is 3.86. The van der Waals surface area contributed by atoms with Crippen LogP contribution in [0.2, 0.25) is 0 Å². The van der Waals surface area contributed by atoms with Gasteiger partial charge in [-0.05, 0) is 43.2 Å². The number of benzene rings is 3. The minimum absolute atomic E-state index is 0. The average molecular weight is 440 g/mol. The summed E-state index contributed by atoms with van der Waals surface area (Å²) in [7, 11) is 0. The molecule has 1 radical (unpaired) electrons. The Morgan fingerprint density at radius 3 is 2.21 bits per heavy atom. The summed E-state index contributed by atoms with van der Waals surface area (Å²) in [6.45, 7) is 2.51. The third-order valence-corrected chi connectivity index (χ3v) is 3.86. The van der Waals surface area contributed by atoms with E-state index >= 15 is 0 Å². The maximum Gasteiger partial charge on any atom is 0.404 e. The molecular weight excluding hydrogens is 416 g/mol. The van der Waals surface area contributed by atoms with Crippen LogP contribution in [0.25, 0.3) is 0 Å². The second-order valence-corrected chi connectivity index (χ2v) is 6.12. The number of phenolic OH excluding ortho intramolecular Hbond substituents is 1. The fourth-order valence-corrected chi connectivity index (χ4v) is 2.33. The zero-order valence-corrected chi connectivity index (χ0v) is 17.0. The summed E-state index contributed by atoms with van der Waals surface area (Å²) in [6.07, 6.45) is 1.44. The SMILES string of the molecule is Cc1ccc(N=Cc2ccccc2O)cc1.O=C(O)NCCc1ccccc1.[Cu]. The van der Waals surface area contributed by atoms with Crippen LogP contribution in [0.4, 0.5) is 10.5 Å². The molecule has 0 aliphatic carbocycles. The Hall–Kier alpha value is -3.08. The first-order chi connectivity index (χ1) is 13.5. The van der Waals surface area contributed by atoms with E-state index in [4.69, 9.17) is 5.11 Å². The van der Waals surface area contributed by atoms with Crippen molar-refractivity contribution in [2.75, 3.05) is 6.54 Å². The summed E-state index contributed by atoms with van der Waals surface area (Å²) < 4.78 is 0. The van der Waals surface area contributed by atoms with Gasteiger partial charge in [-0.2, -0.15) is 0 Å². The Balaban J connectivity index is 0.000000292. The molecule has 0 bridgehead atoms. The Bertz CT molecular complexity index is 898. The normalized spacial score (nSPS) is 9.83. The molecule has 155 valence electrons. The van der Waals surface area contributed by atoms with Gasteiger partial charge < -0.3 is 15.5 Å². The molecule has 0 aliphatic heterocycles. The number of nitrogens with one attached hydrogen (secondary N) is 1. The number of rotatable bonds is 5. The molecule has 0 saturated heterocycles. The van der Waals surface area contributed by atoms with Gasteiger partial charge in [-0.25, -0.2) is 4.79 Å². The van der Waals surface area contributed by atoms with Crippen LogP contribution in [0.15, 0.2) is 83.9 Å². The molecule has 6 heteroatoms. The van der Waals surface area contributed by atoms with Gasteiger partial charge in [0.25, 0.3) is 0 Å². The molecule has 1 amide bonds. The van der Waals surface area contributed by atoms with E-state index in [0.29, 0.717) is 6.54 Å². The summed E-state index contributed by atoms with van der Waals surface area (Å²) in [5.74, 6) is 0.248. The largest absolute Gasteiger partial charge is 0.507 e.